The molecular weight excluding hydrogens is 495 g/mol. The number of carbonyl (C=O) groups is 2. The van der Waals surface area contributed by atoms with Crippen molar-refractivity contribution in [3.8, 4) is 5.75 Å². The van der Waals surface area contributed by atoms with Crippen LogP contribution >= 0.6 is 23.2 Å². The summed E-state index contributed by atoms with van der Waals surface area (Å²) in [5.41, 5.74) is 2.82. The predicted octanol–water partition coefficient (Wildman–Crippen LogP) is 6.27. The van der Waals surface area contributed by atoms with E-state index in [0.29, 0.717) is 40.2 Å². The summed E-state index contributed by atoms with van der Waals surface area (Å²) in [6, 6.07) is 21.7. The first-order valence-corrected chi connectivity index (χ1v) is 12.8. The van der Waals surface area contributed by atoms with Crippen molar-refractivity contribution in [1.82, 2.24) is 10.2 Å². The van der Waals surface area contributed by atoms with Crippen LogP contribution in [-0.2, 0) is 22.6 Å². The molecule has 0 aromatic heterocycles. The number of carbonyl (C=O) groups excluding carboxylic acids is 2. The Kier molecular flexibility index (Phi) is 10.2. The maximum absolute atomic E-state index is 13.6. The summed E-state index contributed by atoms with van der Waals surface area (Å²) in [7, 11) is 0. The first-order valence-electron chi connectivity index (χ1n) is 12.1. The van der Waals surface area contributed by atoms with E-state index in [1.807, 2.05) is 61.5 Å². The van der Waals surface area contributed by atoms with Crippen molar-refractivity contribution >= 4 is 35.0 Å². The van der Waals surface area contributed by atoms with Gasteiger partial charge in [0, 0.05) is 29.6 Å². The molecule has 1 unspecified atom stereocenters. The zero-order valence-electron chi connectivity index (χ0n) is 20.8. The van der Waals surface area contributed by atoms with E-state index in [2.05, 4.69) is 19.2 Å². The minimum Gasteiger partial charge on any atom is -0.484 e. The standard InChI is InChI=1S/C29H32Cl2N2O3/c1-4-32-29(35)27(16-21-8-6-5-7-9-21)33(18-23-10-13-24(30)17-26(23)31)28(34)19-36-25-14-11-22(12-15-25)20(2)3/h5-15,17,20,27H,4,16,18-19H2,1-3H3,(H,32,35). The quantitative estimate of drug-likeness (QED) is 0.320. The third kappa shape index (κ3) is 7.74. The lowest BCUT2D eigenvalue weighted by molar-refractivity contribution is -0.142. The molecule has 3 aromatic carbocycles. The number of amides is 2. The van der Waals surface area contributed by atoms with Crippen molar-refractivity contribution in [2.24, 2.45) is 0 Å². The highest BCUT2D eigenvalue weighted by atomic mass is 35.5. The van der Waals surface area contributed by atoms with Gasteiger partial charge in [-0.15, -0.1) is 0 Å². The van der Waals surface area contributed by atoms with E-state index < -0.39 is 6.04 Å². The molecule has 0 aliphatic rings. The SMILES string of the molecule is CCNC(=O)C(Cc1ccccc1)N(Cc1ccc(Cl)cc1Cl)C(=O)COc1ccc(C(C)C)cc1. The number of benzene rings is 3. The molecule has 0 aliphatic heterocycles. The average molecular weight is 527 g/mol. The van der Waals surface area contributed by atoms with Crippen LogP contribution in [0.3, 0.4) is 0 Å². The zero-order chi connectivity index (χ0) is 26.1. The van der Waals surface area contributed by atoms with Gasteiger partial charge in [-0.25, -0.2) is 0 Å². The number of likely N-dealkylation sites (N-methyl/N-ethyl adjacent to an activating group) is 1. The molecule has 3 aromatic rings. The zero-order valence-corrected chi connectivity index (χ0v) is 22.4. The summed E-state index contributed by atoms with van der Waals surface area (Å²) in [5.74, 6) is 0.438. The molecule has 1 atom stereocenters. The predicted molar refractivity (Wildman–Crippen MR) is 146 cm³/mol. The van der Waals surface area contributed by atoms with E-state index in [1.165, 1.54) is 10.5 Å². The molecule has 190 valence electrons. The molecule has 0 radical (unpaired) electrons. The van der Waals surface area contributed by atoms with Crippen molar-refractivity contribution in [2.45, 2.75) is 45.7 Å². The number of nitrogens with one attached hydrogen (secondary N) is 1. The van der Waals surface area contributed by atoms with Crippen LogP contribution in [0, 0.1) is 0 Å². The maximum Gasteiger partial charge on any atom is 0.261 e. The number of rotatable bonds is 11. The molecule has 36 heavy (non-hydrogen) atoms. The van der Waals surface area contributed by atoms with E-state index in [1.54, 1.807) is 18.2 Å². The minimum absolute atomic E-state index is 0.138. The Bertz CT molecular complexity index is 1150. The highest BCUT2D eigenvalue weighted by molar-refractivity contribution is 6.35. The van der Waals surface area contributed by atoms with Crippen LogP contribution < -0.4 is 10.1 Å². The van der Waals surface area contributed by atoms with Crippen LogP contribution in [0.15, 0.2) is 72.8 Å². The molecular formula is C29H32Cl2N2O3. The Morgan fingerprint density at radius 3 is 2.28 bits per heavy atom. The lowest BCUT2D eigenvalue weighted by Gasteiger charge is -2.31. The second-order valence-corrected chi connectivity index (χ2v) is 9.71. The molecule has 0 aliphatic carbocycles. The van der Waals surface area contributed by atoms with Crippen LogP contribution in [0.25, 0.3) is 0 Å². The molecule has 5 nitrogen and oxygen atoms in total. The normalized spacial score (nSPS) is 11.7. The number of nitrogens with zero attached hydrogens (tertiary/aromatic N) is 1. The lowest BCUT2D eigenvalue weighted by atomic mass is 10.0. The van der Waals surface area contributed by atoms with Crippen LogP contribution in [0.2, 0.25) is 10.0 Å². The van der Waals surface area contributed by atoms with E-state index in [9.17, 15) is 9.59 Å². The largest absolute Gasteiger partial charge is 0.484 e. The van der Waals surface area contributed by atoms with Crippen LogP contribution in [0.4, 0.5) is 0 Å². The highest BCUT2D eigenvalue weighted by Crippen LogP contribution is 2.24. The van der Waals surface area contributed by atoms with Crippen LogP contribution in [-0.4, -0.2) is 35.9 Å². The maximum atomic E-state index is 13.6. The van der Waals surface area contributed by atoms with Gasteiger partial charge in [0.25, 0.3) is 5.91 Å². The Balaban J connectivity index is 1.89. The van der Waals surface area contributed by atoms with Gasteiger partial charge in [0.15, 0.2) is 6.61 Å². The fourth-order valence-electron chi connectivity index (χ4n) is 3.86. The lowest BCUT2D eigenvalue weighted by Crippen LogP contribution is -2.51. The molecule has 0 fully saturated rings. The number of hydrogen-bond donors (Lipinski definition) is 1. The van der Waals surface area contributed by atoms with Gasteiger partial charge < -0.3 is 15.0 Å². The summed E-state index contributed by atoms with van der Waals surface area (Å²) in [5, 5.41) is 3.80. The summed E-state index contributed by atoms with van der Waals surface area (Å²) in [4.78, 5) is 28.3. The van der Waals surface area contributed by atoms with Gasteiger partial charge >= 0.3 is 0 Å². The van der Waals surface area contributed by atoms with Gasteiger partial charge in [-0.1, -0.05) is 85.6 Å². The third-order valence-electron chi connectivity index (χ3n) is 5.89. The molecule has 0 bridgehead atoms. The van der Waals surface area contributed by atoms with Crippen molar-refractivity contribution in [1.29, 1.82) is 0 Å². The van der Waals surface area contributed by atoms with E-state index in [-0.39, 0.29) is 25.0 Å². The monoisotopic (exact) mass is 526 g/mol. The van der Waals surface area contributed by atoms with E-state index in [0.717, 1.165) is 5.56 Å². The van der Waals surface area contributed by atoms with Gasteiger partial charge in [-0.05, 0) is 53.8 Å². The van der Waals surface area contributed by atoms with Crippen LogP contribution in [0.5, 0.6) is 5.75 Å². The van der Waals surface area contributed by atoms with Gasteiger partial charge in [-0.2, -0.15) is 0 Å². The minimum atomic E-state index is -0.751. The molecule has 0 spiro atoms. The molecule has 0 saturated heterocycles. The van der Waals surface area contributed by atoms with E-state index in [4.69, 9.17) is 27.9 Å². The summed E-state index contributed by atoms with van der Waals surface area (Å²) in [6.45, 7) is 6.47. The molecule has 0 saturated carbocycles. The summed E-state index contributed by atoms with van der Waals surface area (Å²) >= 11 is 12.5. The molecule has 7 heteroatoms. The highest BCUT2D eigenvalue weighted by Gasteiger charge is 2.31. The molecule has 2 amide bonds. The van der Waals surface area contributed by atoms with Crippen molar-refractivity contribution < 1.29 is 14.3 Å². The Labute approximate surface area is 223 Å². The Morgan fingerprint density at radius 2 is 1.67 bits per heavy atom. The third-order valence-corrected chi connectivity index (χ3v) is 6.47. The summed E-state index contributed by atoms with van der Waals surface area (Å²) in [6.07, 6.45) is 0.354. The molecule has 3 rings (SSSR count). The van der Waals surface area contributed by atoms with Crippen molar-refractivity contribution in [2.75, 3.05) is 13.2 Å². The fraction of sp³-hybridized carbons (Fsp3) is 0.310. The first-order chi connectivity index (χ1) is 17.3. The second kappa shape index (κ2) is 13.3. The topological polar surface area (TPSA) is 58.6 Å². The van der Waals surface area contributed by atoms with Crippen molar-refractivity contribution in [3.63, 3.8) is 0 Å². The molecule has 0 heterocycles. The van der Waals surface area contributed by atoms with Gasteiger partial charge in [-0.3, -0.25) is 9.59 Å². The fourth-order valence-corrected chi connectivity index (χ4v) is 4.32. The number of halogens is 2. The smallest absolute Gasteiger partial charge is 0.261 e. The first kappa shape index (κ1) is 27.6. The summed E-state index contributed by atoms with van der Waals surface area (Å²) < 4.78 is 5.83. The number of hydrogen-bond acceptors (Lipinski definition) is 3. The van der Waals surface area contributed by atoms with Gasteiger partial charge in [0.1, 0.15) is 11.8 Å². The second-order valence-electron chi connectivity index (χ2n) is 8.87. The number of ether oxygens (including phenoxy) is 1. The average Bonchev–Trinajstić information content (AvgIpc) is 2.86. The van der Waals surface area contributed by atoms with Crippen molar-refractivity contribution in [3.05, 3.63) is 99.5 Å². The van der Waals surface area contributed by atoms with Gasteiger partial charge in [0.05, 0.1) is 0 Å². The Morgan fingerprint density at radius 1 is 0.972 bits per heavy atom. The van der Waals surface area contributed by atoms with E-state index >= 15 is 0 Å². The Hall–Kier alpha value is -3.02. The molecule has 1 N–H and O–H groups in total. The van der Waals surface area contributed by atoms with Gasteiger partial charge in [0.2, 0.25) is 5.91 Å². The van der Waals surface area contributed by atoms with Crippen LogP contribution in [0.1, 0.15) is 43.4 Å².